The molecule has 0 spiro atoms. The van der Waals surface area contributed by atoms with Crippen LogP contribution in [0.15, 0.2) is 48.5 Å². The van der Waals surface area contributed by atoms with Crippen LogP contribution in [0.2, 0.25) is 10.0 Å². The van der Waals surface area contributed by atoms with Crippen molar-refractivity contribution in [1.29, 1.82) is 0 Å². The lowest BCUT2D eigenvalue weighted by atomic mass is 10.2. The van der Waals surface area contributed by atoms with E-state index in [4.69, 9.17) is 35.8 Å². The normalized spacial score (nSPS) is 8.45. The maximum absolute atomic E-state index is 10.1. The third-order valence-corrected chi connectivity index (χ3v) is 2.75. The monoisotopic (exact) mass is 360 g/mol. The highest BCUT2D eigenvalue weighted by molar-refractivity contribution is 7.59. The number of hydrogen-bond acceptors (Lipinski definition) is 5. The van der Waals surface area contributed by atoms with Crippen molar-refractivity contribution in [3.63, 3.8) is 0 Å². The lowest BCUT2D eigenvalue weighted by Gasteiger charge is -1.90. The Morgan fingerprint density at radius 2 is 0.955 bits per heavy atom. The highest BCUT2D eigenvalue weighted by atomic mass is 35.5. The average molecular weight is 361 g/mol. The summed E-state index contributed by atoms with van der Waals surface area (Å²) in [6, 6.07) is 13.8. The summed E-state index contributed by atoms with van der Waals surface area (Å²) in [5, 5.41) is 1.01. The Bertz CT molecular complexity index is 673. The van der Waals surface area contributed by atoms with Crippen LogP contribution in [0.4, 0.5) is 0 Å². The van der Waals surface area contributed by atoms with Crippen molar-refractivity contribution in [2.75, 3.05) is 0 Å². The van der Waals surface area contributed by atoms with Crippen LogP contribution in [0.25, 0.3) is 0 Å². The molecule has 0 N–H and O–H groups in total. The number of carbonyl (C=O) groups is 2. The number of carbonyl (C=O) groups excluding carboxylic acids is 2. The van der Waals surface area contributed by atoms with E-state index >= 15 is 0 Å². The van der Waals surface area contributed by atoms with Gasteiger partial charge in [-0.1, -0.05) is 59.6 Å². The SMILES string of the molecule is O=Cc1ccccc1Cl.O=Cc1ccccc1Cl.O=S(=O)=O. The van der Waals surface area contributed by atoms with Crippen molar-refractivity contribution in [3.05, 3.63) is 69.7 Å². The van der Waals surface area contributed by atoms with Gasteiger partial charge in [-0.2, -0.15) is 0 Å². The number of halogens is 2. The van der Waals surface area contributed by atoms with Crippen molar-refractivity contribution in [3.8, 4) is 0 Å². The third-order valence-electron chi connectivity index (χ3n) is 2.06. The second-order valence-electron chi connectivity index (χ2n) is 3.48. The van der Waals surface area contributed by atoms with Gasteiger partial charge in [-0.3, -0.25) is 9.59 Å². The van der Waals surface area contributed by atoms with E-state index in [1.807, 2.05) is 0 Å². The molecular formula is C14H10Cl2O5S. The van der Waals surface area contributed by atoms with Crippen LogP contribution >= 0.6 is 23.2 Å². The molecule has 0 fully saturated rings. The molecule has 116 valence electrons. The molecule has 0 bridgehead atoms. The third kappa shape index (κ3) is 9.02. The molecule has 0 amide bonds. The predicted octanol–water partition coefficient (Wildman–Crippen LogP) is 3.30. The first-order valence-electron chi connectivity index (χ1n) is 5.58. The van der Waals surface area contributed by atoms with Gasteiger partial charge < -0.3 is 0 Å². The summed E-state index contributed by atoms with van der Waals surface area (Å²) in [6.07, 6.45) is 1.48. The molecule has 22 heavy (non-hydrogen) atoms. The molecule has 5 nitrogen and oxygen atoms in total. The molecule has 0 aromatic heterocycles. The molecular weight excluding hydrogens is 351 g/mol. The number of hydrogen-bond donors (Lipinski definition) is 0. The molecule has 2 aromatic carbocycles. The quantitative estimate of drug-likeness (QED) is 0.766. The first-order valence-corrected chi connectivity index (χ1v) is 7.34. The fourth-order valence-corrected chi connectivity index (χ4v) is 1.50. The summed E-state index contributed by atoms with van der Waals surface area (Å²) in [4.78, 5) is 20.3. The molecule has 8 heteroatoms. The van der Waals surface area contributed by atoms with Crippen molar-refractivity contribution < 1.29 is 22.2 Å². The zero-order valence-corrected chi connectivity index (χ0v) is 13.3. The van der Waals surface area contributed by atoms with Crippen LogP contribution in [0.1, 0.15) is 20.7 Å². The largest absolute Gasteiger partial charge is 0.425 e. The van der Waals surface area contributed by atoms with E-state index in [9.17, 15) is 9.59 Å². The minimum atomic E-state index is -3.11. The molecule has 0 aliphatic rings. The van der Waals surface area contributed by atoms with Crippen LogP contribution in [-0.2, 0) is 10.6 Å². The van der Waals surface area contributed by atoms with Crippen LogP contribution in [-0.4, -0.2) is 25.2 Å². The summed E-state index contributed by atoms with van der Waals surface area (Å²) >= 11 is 11.2. The zero-order chi connectivity index (χ0) is 17.0. The van der Waals surface area contributed by atoms with Gasteiger partial charge in [0.25, 0.3) is 0 Å². The fourth-order valence-electron chi connectivity index (χ4n) is 1.14. The Labute approximate surface area is 138 Å². The number of rotatable bonds is 2. The fraction of sp³-hybridized carbons (Fsp3) is 0. The predicted molar refractivity (Wildman–Crippen MR) is 83.4 cm³/mol. The second kappa shape index (κ2) is 11.6. The van der Waals surface area contributed by atoms with Crippen molar-refractivity contribution >= 4 is 46.4 Å². The Kier molecular flexibility index (Phi) is 10.6. The van der Waals surface area contributed by atoms with Gasteiger partial charge in [0.1, 0.15) is 0 Å². The van der Waals surface area contributed by atoms with E-state index in [2.05, 4.69) is 0 Å². The van der Waals surface area contributed by atoms with Gasteiger partial charge in [0.15, 0.2) is 12.6 Å². The van der Waals surface area contributed by atoms with Gasteiger partial charge in [0.2, 0.25) is 0 Å². The number of benzene rings is 2. The summed E-state index contributed by atoms with van der Waals surface area (Å²) in [7, 11) is -3.11. The minimum Gasteiger partial charge on any atom is -0.298 e. The van der Waals surface area contributed by atoms with Crippen molar-refractivity contribution in [1.82, 2.24) is 0 Å². The minimum absolute atomic E-state index is 0.507. The van der Waals surface area contributed by atoms with Gasteiger partial charge >= 0.3 is 10.6 Å². The maximum Gasteiger partial charge on any atom is 0.425 e. The maximum atomic E-state index is 10.1. The van der Waals surface area contributed by atoms with Crippen LogP contribution < -0.4 is 0 Å². The van der Waals surface area contributed by atoms with E-state index in [-0.39, 0.29) is 0 Å². The lowest BCUT2D eigenvalue weighted by molar-refractivity contribution is 0.111. The lowest BCUT2D eigenvalue weighted by Crippen LogP contribution is -1.77. The summed E-state index contributed by atoms with van der Waals surface area (Å²) in [5.41, 5.74) is 1.08. The molecule has 0 saturated heterocycles. The van der Waals surface area contributed by atoms with Gasteiger partial charge in [-0.05, 0) is 12.1 Å². The first kappa shape index (κ1) is 20.0. The van der Waals surface area contributed by atoms with E-state index in [0.29, 0.717) is 21.2 Å². The van der Waals surface area contributed by atoms with Gasteiger partial charge in [0, 0.05) is 11.1 Å². The van der Waals surface area contributed by atoms with E-state index in [1.165, 1.54) is 0 Å². The molecule has 0 heterocycles. The highest BCUT2D eigenvalue weighted by Crippen LogP contribution is 2.12. The second-order valence-corrected chi connectivity index (χ2v) is 4.71. The van der Waals surface area contributed by atoms with Crippen LogP contribution in [0.5, 0.6) is 0 Å². The Hall–Kier alpha value is -2.02. The Balaban J connectivity index is 0.000000326. The highest BCUT2D eigenvalue weighted by Gasteiger charge is 1.93. The first-order chi connectivity index (χ1) is 10.4. The van der Waals surface area contributed by atoms with Crippen molar-refractivity contribution in [2.24, 2.45) is 0 Å². The van der Waals surface area contributed by atoms with Crippen LogP contribution in [0.3, 0.4) is 0 Å². The standard InChI is InChI=1S/2C7H5ClO.O3S/c2*8-7-4-2-1-3-6(7)5-9;1-4(2)3/h2*1-5H;. The van der Waals surface area contributed by atoms with Gasteiger partial charge in [-0.15, -0.1) is 12.6 Å². The van der Waals surface area contributed by atoms with E-state index in [0.717, 1.165) is 12.6 Å². The number of aldehydes is 2. The van der Waals surface area contributed by atoms with Gasteiger partial charge in [-0.25, -0.2) is 0 Å². The molecule has 0 aliphatic carbocycles. The molecule has 0 aliphatic heterocycles. The molecule has 0 saturated carbocycles. The smallest absolute Gasteiger partial charge is 0.298 e. The summed E-state index contributed by atoms with van der Waals surface area (Å²) in [5.74, 6) is 0. The van der Waals surface area contributed by atoms with E-state index in [1.54, 1.807) is 48.5 Å². The molecule has 0 unspecified atom stereocenters. The molecule has 2 rings (SSSR count). The average Bonchev–Trinajstić information content (AvgIpc) is 2.48. The van der Waals surface area contributed by atoms with Gasteiger partial charge in [0.05, 0.1) is 10.0 Å². The molecule has 0 radical (unpaired) electrons. The summed E-state index contributed by atoms with van der Waals surface area (Å²) in [6.45, 7) is 0. The van der Waals surface area contributed by atoms with Crippen LogP contribution in [0, 0.1) is 0 Å². The Morgan fingerprint density at radius 3 is 1.14 bits per heavy atom. The Morgan fingerprint density at radius 1 is 0.682 bits per heavy atom. The van der Waals surface area contributed by atoms with E-state index < -0.39 is 10.6 Å². The summed E-state index contributed by atoms with van der Waals surface area (Å²) < 4.78 is 25.3. The van der Waals surface area contributed by atoms with Crippen molar-refractivity contribution in [2.45, 2.75) is 0 Å². The zero-order valence-electron chi connectivity index (χ0n) is 11.0. The molecule has 2 aromatic rings. The molecule has 0 atom stereocenters. The topological polar surface area (TPSA) is 85.3 Å².